The van der Waals surface area contributed by atoms with E-state index < -0.39 is 0 Å². The Bertz CT molecular complexity index is 341. The van der Waals surface area contributed by atoms with Crippen molar-refractivity contribution in [1.29, 1.82) is 0 Å². The Balaban J connectivity index is 1.76. The number of hydrogen-bond acceptors (Lipinski definition) is 2. The SMILES string of the molecule is Fc1ccc(OCCNC2CC2)c(Cl)c1. The quantitative estimate of drug-likeness (QED) is 0.784. The van der Waals surface area contributed by atoms with Gasteiger partial charge < -0.3 is 10.1 Å². The highest BCUT2D eigenvalue weighted by atomic mass is 35.5. The maximum Gasteiger partial charge on any atom is 0.138 e. The summed E-state index contributed by atoms with van der Waals surface area (Å²) in [5, 5.41) is 3.64. The van der Waals surface area contributed by atoms with Crippen LogP contribution in [0.15, 0.2) is 18.2 Å². The van der Waals surface area contributed by atoms with Gasteiger partial charge in [0.25, 0.3) is 0 Å². The lowest BCUT2D eigenvalue weighted by molar-refractivity contribution is 0.313. The molecule has 1 aliphatic carbocycles. The van der Waals surface area contributed by atoms with E-state index in [1.165, 1.54) is 25.0 Å². The summed E-state index contributed by atoms with van der Waals surface area (Å²) >= 11 is 5.80. The fourth-order valence-electron chi connectivity index (χ4n) is 1.30. The van der Waals surface area contributed by atoms with E-state index in [1.807, 2.05) is 0 Å². The predicted molar refractivity (Wildman–Crippen MR) is 57.9 cm³/mol. The van der Waals surface area contributed by atoms with E-state index in [9.17, 15) is 4.39 Å². The molecule has 1 aliphatic rings. The zero-order chi connectivity index (χ0) is 10.7. The summed E-state index contributed by atoms with van der Waals surface area (Å²) < 4.78 is 18.1. The molecule has 0 spiro atoms. The molecule has 4 heteroatoms. The molecule has 0 aromatic heterocycles. The number of halogens is 2. The Hall–Kier alpha value is -0.800. The van der Waals surface area contributed by atoms with Gasteiger partial charge in [0, 0.05) is 12.6 Å². The zero-order valence-electron chi connectivity index (χ0n) is 8.30. The highest BCUT2D eigenvalue weighted by Gasteiger charge is 2.19. The molecule has 15 heavy (non-hydrogen) atoms. The number of rotatable bonds is 5. The molecule has 1 fully saturated rings. The van der Waals surface area contributed by atoms with Crippen molar-refractivity contribution in [3.8, 4) is 5.75 Å². The fourth-order valence-corrected chi connectivity index (χ4v) is 1.53. The minimum absolute atomic E-state index is 0.321. The van der Waals surface area contributed by atoms with E-state index in [0.717, 1.165) is 6.54 Å². The largest absolute Gasteiger partial charge is 0.491 e. The predicted octanol–water partition coefficient (Wildman–Crippen LogP) is 2.61. The van der Waals surface area contributed by atoms with Crippen molar-refractivity contribution in [3.05, 3.63) is 29.0 Å². The van der Waals surface area contributed by atoms with Crippen molar-refractivity contribution in [2.24, 2.45) is 0 Å². The van der Waals surface area contributed by atoms with Gasteiger partial charge >= 0.3 is 0 Å². The van der Waals surface area contributed by atoms with Crippen LogP contribution in [-0.4, -0.2) is 19.2 Å². The van der Waals surface area contributed by atoms with Gasteiger partial charge in [-0.05, 0) is 31.0 Å². The van der Waals surface area contributed by atoms with Gasteiger partial charge in [-0.1, -0.05) is 11.6 Å². The highest BCUT2D eigenvalue weighted by Crippen LogP contribution is 2.24. The molecule has 0 heterocycles. The Morgan fingerprint density at radius 2 is 2.27 bits per heavy atom. The van der Waals surface area contributed by atoms with Gasteiger partial charge in [-0.3, -0.25) is 0 Å². The molecule has 0 aliphatic heterocycles. The molecule has 2 rings (SSSR count). The molecule has 0 saturated heterocycles. The van der Waals surface area contributed by atoms with E-state index >= 15 is 0 Å². The molecule has 82 valence electrons. The molecular formula is C11H13ClFNO. The lowest BCUT2D eigenvalue weighted by Gasteiger charge is -2.08. The van der Waals surface area contributed by atoms with Crippen LogP contribution in [0, 0.1) is 5.82 Å². The molecule has 0 bridgehead atoms. The van der Waals surface area contributed by atoms with E-state index in [2.05, 4.69) is 5.32 Å². The van der Waals surface area contributed by atoms with Crippen LogP contribution in [0.1, 0.15) is 12.8 Å². The number of benzene rings is 1. The lowest BCUT2D eigenvalue weighted by atomic mass is 10.3. The van der Waals surface area contributed by atoms with Gasteiger partial charge in [-0.25, -0.2) is 4.39 Å². The normalized spacial score (nSPS) is 15.3. The average Bonchev–Trinajstić information content (AvgIpc) is 2.99. The van der Waals surface area contributed by atoms with Crippen molar-refractivity contribution < 1.29 is 9.13 Å². The van der Waals surface area contributed by atoms with Crippen LogP contribution in [0.3, 0.4) is 0 Å². The summed E-state index contributed by atoms with van der Waals surface area (Å²) in [6, 6.07) is 4.83. The van der Waals surface area contributed by atoms with Crippen molar-refractivity contribution in [2.45, 2.75) is 18.9 Å². The van der Waals surface area contributed by atoms with Crippen LogP contribution in [0.25, 0.3) is 0 Å². The number of nitrogens with one attached hydrogen (secondary N) is 1. The first kappa shape index (κ1) is 10.7. The number of hydrogen-bond donors (Lipinski definition) is 1. The van der Waals surface area contributed by atoms with Crippen LogP contribution >= 0.6 is 11.6 Å². The third-order valence-corrected chi connectivity index (χ3v) is 2.56. The van der Waals surface area contributed by atoms with Crippen LogP contribution in [0.2, 0.25) is 5.02 Å². The van der Waals surface area contributed by atoms with Crippen LogP contribution < -0.4 is 10.1 Å². The van der Waals surface area contributed by atoms with Crippen molar-refractivity contribution in [2.75, 3.05) is 13.2 Å². The smallest absolute Gasteiger partial charge is 0.138 e. The van der Waals surface area contributed by atoms with Gasteiger partial charge in [0.1, 0.15) is 18.2 Å². The Morgan fingerprint density at radius 1 is 1.47 bits per heavy atom. The van der Waals surface area contributed by atoms with Gasteiger partial charge in [0.2, 0.25) is 0 Å². The molecule has 1 saturated carbocycles. The van der Waals surface area contributed by atoms with E-state index in [4.69, 9.17) is 16.3 Å². The van der Waals surface area contributed by atoms with Crippen LogP contribution in [-0.2, 0) is 0 Å². The summed E-state index contributed by atoms with van der Waals surface area (Å²) in [5.74, 6) is 0.194. The highest BCUT2D eigenvalue weighted by molar-refractivity contribution is 6.32. The van der Waals surface area contributed by atoms with Crippen molar-refractivity contribution in [1.82, 2.24) is 5.32 Å². The Labute approximate surface area is 93.4 Å². The molecule has 0 radical (unpaired) electrons. The molecule has 0 amide bonds. The van der Waals surface area contributed by atoms with Gasteiger partial charge in [0.05, 0.1) is 5.02 Å². The second-order valence-electron chi connectivity index (χ2n) is 3.65. The van der Waals surface area contributed by atoms with Crippen molar-refractivity contribution in [3.63, 3.8) is 0 Å². The second-order valence-corrected chi connectivity index (χ2v) is 4.06. The first-order valence-corrected chi connectivity index (χ1v) is 5.45. The standard InChI is InChI=1S/C11H13ClFNO/c12-10-7-8(13)1-4-11(10)15-6-5-14-9-2-3-9/h1,4,7,9,14H,2-3,5-6H2. The van der Waals surface area contributed by atoms with Crippen LogP contribution in [0.4, 0.5) is 4.39 Å². The Morgan fingerprint density at radius 3 is 2.93 bits per heavy atom. The summed E-state index contributed by atoms with van der Waals surface area (Å²) in [6.07, 6.45) is 2.52. The molecule has 1 aromatic rings. The minimum atomic E-state index is -0.344. The summed E-state index contributed by atoms with van der Waals surface area (Å²) in [5.41, 5.74) is 0. The minimum Gasteiger partial charge on any atom is -0.491 e. The Kier molecular flexibility index (Phi) is 3.44. The van der Waals surface area contributed by atoms with Gasteiger partial charge in [-0.2, -0.15) is 0 Å². The average molecular weight is 230 g/mol. The summed E-state index contributed by atoms with van der Waals surface area (Å²) in [6.45, 7) is 1.36. The summed E-state index contributed by atoms with van der Waals surface area (Å²) in [4.78, 5) is 0. The third kappa shape index (κ3) is 3.36. The topological polar surface area (TPSA) is 21.3 Å². The molecule has 1 N–H and O–H groups in total. The van der Waals surface area contributed by atoms with Crippen LogP contribution in [0.5, 0.6) is 5.75 Å². The van der Waals surface area contributed by atoms with E-state index in [-0.39, 0.29) is 5.82 Å². The van der Waals surface area contributed by atoms with Gasteiger partial charge in [-0.15, -0.1) is 0 Å². The van der Waals surface area contributed by atoms with E-state index in [0.29, 0.717) is 23.4 Å². The third-order valence-electron chi connectivity index (χ3n) is 2.26. The van der Waals surface area contributed by atoms with Crippen molar-refractivity contribution >= 4 is 11.6 Å². The van der Waals surface area contributed by atoms with E-state index in [1.54, 1.807) is 6.07 Å². The molecule has 0 unspecified atom stereocenters. The maximum absolute atomic E-state index is 12.7. The fraction of sp³-hybridized carbons (Fsp3) is 0.455. The zero-order valence-corrected chi connectivity index (χ0v) is 9.06. The molecule has 1 aromatic carbocycles. The molecule has 0 atom stereocenters. The first-order valence-electron chi connectivity index (χ1n) is 5.07. The lowest BCUT2D eigenvalue weighted by Crippen LogP contribution is -2.22. The number of ether oxygens (including phenoxy) is 1. The maximum atomic E-state index is 12.7. The molecular weight excluding hydrogens is 217 g/mol. The summed E-state index contributed by atoms with van der Waals surface area (Å²) in [7, 11) is 0. The van der Waals surface area contributed by atoms with Gasteiger partial charge in [0.15, 0.2) is 0 Å². The monoisotopic (exact) mass is 229 g/mol. The molecule has 2 nitrogen and oxygen atoms in total. The first-order chi connectivity index (χ1) is 7.25. The second kappa shape index (κ2) is 4.81.